The van der Waals surface area contributed by atoms with Crippen LogP contribution in [0.4, 0.5) is 10.5 Å². The molecular formula is C30H36ClN3O. The topological polar surface area (TPSA) is 35.6 Å². The molecule has 0 radical (unpaired) electrons. The molecule has 1 N–H and O–H groups in total. The summed E-state index contributed by atoms with van der Waals surface area (Å²) in [5.74, 6) is 0.775. The number of anilines is 1. The molecule has 3 aromatic carbocycles. The second kappa shape index (κ2) is 12.8. The van der Waals surface area contributed by atoms with Crippen LogP contribution in [0.2, 0.25) is 5.02 Å². The molecule has 0 spiro atoms. The monoisotopic (exact) mass is 489 g/mol. The van der Waals surface area contributed by atoms with Gasteiger partial charge >= 0.3 is 6.03 Å². The smallest absolute Gasteiger partial charge is 0.320 e. The number of piperidine rings is 1. The van der Waals surface area contributed by atoms with Gasteiger partial charge in [-0.25, -0.2) is 4.79 Å². The number of amides is 2. The fraction of sp³-hybridized carbons (Fsp3) is 0.367. The SMILES string of the molecule is Cc1ccc(CN(CCCN2CCC(Cc3ccccc3)CC2)C(=O)Nc2ccc(Cl)cc2)cc1. The van der Waals surface area contributed by atoms with E-state index in [0.29, 0.717) is 11.6 Å². The van der Waals surface area contributed by atoms with Gasteiger partial charge in [0.1, 0.15) is 0 Å². The normalized spacial score (nSPS) is 14.6. The Morgan fingerprint density at radius 3 is 2.31 bits per heavy atom. The van der Waals surface area contributed by atoms with Crippen molar-refractivity contribution in [2.75, 3.05) is 31.5 Å². The molecule has 5 heteroatoms. The number of urea groups is 1. The van der Waals surface area contributed by atoms with Crippen molar-refractivity contribution in [2.45, 2.75) is 39.2 Å². The van der Waals surface area contributed by atoms with Gasteiger partial charge in [-0.1, -0.05) is 71.8 Å². The zero-order chi connectivity index (χ0) is 24.5. The summed E-state index contributed by atoms with van der Waals surface area (Å²) < 4.78 is 0. The van der Waals surface area contributed by atoms with E-state index in [2.05, 4.69) is 71.7 Å². The van der Waals surface area contributed by atoms with Crippen molar-refractivity contribution in [3.63, 3.8) is 0 Å². The summed E-state index contributed by atoms with van der Waals surface area (Å²) in [5, 5.41) is 3.69. The van der Waals surface area contributed by atoms with Crippen molar-refractivity contribution in [3.05, 3.63) is 101 Å². The minimum absolute atomic E-state index is 0.0746. The molecule has 4 rings (SSSR count). The summed E-state index contributed by atoms with van der Waals surface area (Å²) in [6.45, 7) is 6.71. The predicted molar refractivity (Wildman–Crippen MR) is 146 cm³/mol. The highest BCUT2D eigenvalue weighted by Crippen LogP contribution is 2.22. The third-order valence-corrected chi connectivity index (χ3v) is 7.11. The first kappa shape index (κ1) is 25.3. The predicted octanol–water partition coefficient (Wildman–Crippen LogP) is 7.03. The zero-order valence-electron chi connectivity index (χ0n) is 20.6. The van der Waals surface area contributed by atoms with Gasteiger partial charge in [-0.05, 0) is 93.6 Å². The highest BCUT2D eigenvalue weighted by Gasteiger charge is 2.20. The molecule has 3 aromatic rings. The third kappa shape index (κ3) is 8.12. The summed E-state index contributed by atoms with van der Waals surface area (Å²) in [5.41, 5.74) is 4.57. The van der Waals surface area contributed by atoms with Crippen LogP contribution in [0.1, 0.15) is 36.0 Å². The molecule has 0 aromatic heterocycles. The van der Waals surface area contributed by atoms with Crippen LogP contribution in [-0.2, 0) is 13.0 Å². The summed E-state index contributed by atoms with van der Waals surface area (Å²) >= 11 is 5.99. The quantitative estimate of drug-likeness (QED) is 0.350. The fourth-order valence-electron chi connectivity index (χ4n) is 4.75. The standard InChI is InChI=1S/C30H36ClN3O/c1-24-8-10-27(11-9-24)23-34(30(35)32-29-14-12-28(31)13-15-29)19-5-18-33-20-16-26(17-21-33)22-25-6-3-2-4-7-25/h2-4,6-15,26H,5,16-23H2,1H3,(H,32,35). The molecule has 1 aliphatic heterocycles. The summed E-state index contributed by atoms with van der Waals surface area (Å²) in [4.78, 5) is 17.6. The van der Waals surface area contributed by atoms with E-state index in [9.17, 15) is 4.79 Å². The lowest BCUT2D eigenvalue weighted by atomic mass is 9.90. The highest BCUT2D eigenvalue weighted by molar-refractivity contribution is 6.30. The summed E-state index contributed by atoms with van der Waals surface area (Å²) in [7, 11) is 0. The number of rotatable bonds is 9. The van der Waals surface area contributed by atoms with Gasteiger partial charge in [0.15, 0.2) is 0 Å². The number of hydrogen-bond acceptors (Lipinski definition) is 2. The summed E-state index contributed by atoms with van der Waals surface area (Å²) in [6.07, 6.45) is 4.64. The van der Waals surface area contributed by atoms with Crippen molar-refractivity contribution in [2.24, 2.45) is 5.92 Å². The Morgan fingerprint density at radius 1 is 0.943 bits per heavy atom. The molecule has 0 aliphatic carbocycles. The van der Waals surface area contributed by atoms with Gasteiger partial charge in [0, 0.05) is 23.8 Å². The molecular weight excluding hydrogens is 454 g/mol. The van der Waals surface area contributed by atoms with Crippen LogP contribution < -0.4 is 5.32 Å². The minimum atomic E-state index is -0.0746. The summed E-state index contributed by atoms with van der Waals surface area (Å²) in [6, 6.07) is 26.4. The van der Waals surface area contributed by atoms with Crippen molar-refractivity contribution >= 4 is 23.3 Å². The second-order valence-electron chi connectivity index (χ2n) is 9.67. The number of hydrogen-bond donors (Lipinski definition) is 1. The van der Waals surface area contributed by atoms with Crippen molar-refractivity contribution in [1.29, 1.82) is 0 Å². The molecule has 1 saturated heterocycles. The number of carbonyl (C=O) groups is 1. The van der Waals surface area contributed by atoms with Gasteiger partial charge in [-0.15, -0.1) is 0 Å². The van der Waals surface area contributed by atoms with Crippen LogP contribution in [0.25, 0.3) is 0 Å². The van der Waals surface area contributed by atoms with Gasteiger partial charge < -0.3 is 15.1 Å². The number of aryl methyl sites for hydroxylation is 1. The first-order chi connectivity index (χ1) is 17.0. The van der Waals surface area contributed by atoms with Crippen LogP contribution in [0.3, 0.4) is 0 Å². The van der Waals surface area contributed by atoms with Gasteiger partial charge in [-0.2, -0.15) is 0 Å². The highest BCUT2D eigenvalue weighted by atomic mass is 35.5. The second-order valence-corrected chi connectivity index (χ2v) is 10.1. The molecule has 2 amide bonds. The van der Waals surface area contributed by atoms with E-state index in [-0.39, 0.29) is 6.03 Å². The Balaban J connectivity index is 1.28. The van der Waals surface area contributed by atoms with Crippen LogP contribution >= 0.6 is 11.6 Å². The van der Waals surface area contributed by atoms with Crippen LogP contribution in [0.5, 0.6) is 0 Å². The molecule has 0 saturated carbocycles. The first-order valence-corrected chi connectivity index (χ1v) is 13.1. The van der Waals surface area contributed by atoms with Crippen LogP contribution in [0.15, 0.2) is 78.9 Å². The van der Waals surface area contributed by atoms with Crippen molar-refractivity contribution in [1.82, 2.24) is 9.80 Å². The molecule has 0 unspecified atom stereocenters. The Morgan fingerprint density at radius 2 is 1.63 bits per heavy atom. The molecule has 0 bridgehead atoms. The van der Waals surface area contributed by atoms with Gasteiger partial charge in [0.2, 0.25) is 0 Å². The first-order valence-electron chi connectivity index (χ1n) is 12.7. The van der Waals surface area contributed by atoms with Gasteiger partial charge in [0.25, 0.3) is 0 Å². The molecule has 35 heavy (non-hydrogen) atoms. The number of benzene rings is 3. The lowest BCUT2D eigenvalue weighted by Gasteiger charge is -2.32. The lowest BCUT2D eigenvalue weighted by molar-refractivity contribution is 0.170. The van der Waals surface area contributed by atoms with E-state index in [1.165, 1.54) is 30.4 Å². The molecule has 4 nitrogen and oxygen atoms in total. The average Bonchev–Trinajstić information content (AvgIpc) is 2.88. The number of likely N-dealkylation sites (tertiary alicyclic amines) is 1. The minimum Gasteiger partial charge on any atom is -0.320 e. The Hall–Kier alpha value is -2.82. The van der Waals surface area contributed by atoms with Gasteiger partial charge in [0.05, 0.1) is 0 Å². The van der Waals surface area contributed by atoms with E-state index >= 15 is 0 Å². The van der Waals surface area contributed by atoms with Crippen LogP contribution in [0, 0.1) is 12.8 Å². The Bertz CT molecular complexity index is 1050. The van der Waals surface area contributed by atoms with Crippen molar-refractivity contribution < 1.29 is 4.79 Å². The zero-order valence-corrected chi connectivity index (χ0v) is 21.4. The number of halogens is 1. The number of carbonyl (C=O) groups excluding carboxylic acids is 1. The molecule has 184 valence electrons. The molecule has 1 heterocycles. The van der Waals surface area contributed by atoms with E-state index in [1.807, 2.05) is 17.0 Å². The van der Waals surface area contributed by atoms with E-state index in [4.69, 9.17) is 11.6 Å². The van der Waals surface area contributed by atoms with E-state index < -0.39 is 0 Å². The maximum absolute atomic E-state index is 13.1. The van der Waals surface area contributed by atoms with E-state index in [0.717, 1.165) is 49.8 Å². The maximum atomic E-state index is 13.1. The number of nitrogens with one attached hydrogen (secondary N) is 1. The molecule has 1 fully saturated rings. The molecule has 0 atom stereocenters. The largest absolute Gasteiger partial charge is 0.322 e. The average molecular weight is 490 g/mol. The molecule has 1 aliphatic rings. The van der Waals surface area contributed by atoms with Gasteiger partial charge in [-0.3, -0.25) is 0 Å². The van der Waals surface area contributed by atoms with E-state index in [1.54, 1.807) is 12.1 Å². The number of nitrogens with zero attached hydrogens (tertiary/aromatic N) is 2. The lowest BCUT2D eigenvalue weighted by Crippen LogP contribution is -2.39. The van der Waals surface area contributed by atoms with Crippen molar-refractivity contribution in [3.8, 4) is 0 Å². The Kier molecular flexibility index (Phi) is 9.21. The Labute approximate surface area is 214 Å². The fourth-order valence-corrected chi connectivity index (χ4v) is 4.87. The third-order valence-electron chi connectivity index (χ3n) is 6.85. The van der Waals surface area contributed by atoms with Crippen LogP contribution in [-0.4, -0.2) is 42.0 Å². The maximum Gasteiger partial charge on any atom is 0.322 e.